The SMILES string of the molecule is CCOC(=O)C1CCCN(C(=O)Nc2ccc(C)c(C)c2)C1. The van der Waals surface area contributed by atoms with Crippen LogP contribution in [0.15, 0.2) is 18.2 Å². The van der Waals surface area contributed by atoms with Gasteiger partial charge in [0, 0.05) is 18.8 Å². The highest BCUT2D eigenvalue weighted by molar-refractivity contribution is 5.90. The number of carbonyl (C=O) groups is 2. The highest BCUT2D eigenvalue weighted by Gasteiger charge is 2.29. The molecule has 0 bridgehead atoms. The maximum absolute atomic E-state index is 12.4. The van der Waals surface area contributed by atoms with E-state index in [9.17, 15) is 9.59 Å². The quantitative estimate of drug-likeness (QED) is 0.873. The van der Waals surface area contributed by atoms with Gasteiger partial charge in [0.25, 0.3) is 0 Å². The minimum Gasteiger partial charge on any atom is -0.466 e. The van der Waals surface area contributed by atoms with Crippen LogP contribution in [0.5, 0.6) is 0 Å². The third-order valence-electron chi connectivity index (χ3n) is 4.09. The molecule has 0 spiro atoms. The molecular weight excluding hydrogens is 280 g/mol. The number of urea groups is 1. The van der Waals surface area contributed by atoms with Crippen LogP contribution in [0.3, 0.4) is 0 Å². The number of likely N-dealkylation sites (tertiary alicyclic amines) is 1. The number of nitrogens with zero attached hydrogens (tertiary/aromatic N) is 1. The average Bonchev–Trinajstić information content (AvgIpc) is 2.51. The Hall–Kier alpha value is -2.04. The van der Waals surface area contributed by atoms with Crippen molar-refractivity contribution in [2.24, 2.45) is 5.92 Å². The molecule has 0 aromatic heterocycles. The van der Waals surface area contributed by atoms with Crippen LogP contribution in [0, 0.1) is 19.8 Å². The number of hydrogen-bond donors (Lipinski definition) is 1. The second-order valence-corrected chi connectivity index (χ2v) is 5.77. The highest BCUT2D eigenvalue weighted by atomic mass is 16.5. The maximum Gasteiger partial charge on any atom is 0.321 e. The molecule has 1 aromatic rings. The Morgan fingerprint density at radius 2 is 2.09 bits per heavy atom. The fourth-order valence-electron chi connectivity index (χ4n) is 2.64. The molecule has 1 fully saturated rings. The molecule has 1 aromatic carbocycles. The van der Waals surface area contributed by atoms with E-state index in [0.29, 0.717) is 19.7 Å². The Morgan fingerprint density at radius 3 is 2.77 bits per heavy atom. The van der Waals surface area contributed by atoms with Gasteiger partial charge in [0.05, 0.1) is 12.5 Å². The standard InChI is InChI=1S/C17H24N2O3/c1-4-22-16(20)14-6-5-9-19(11-14)17(21)18-15-8-7-12(2)13(3)10-15/h7-8,10,14H,4-6,9,11H2,1-3H3,(H,18,21). The van der Waals surface area contributed by atoms with Gasteiger partial charge in [0.1, 0.15) is 0 Å². The predicted molar refractivity (Wildman–Crippen MR) is 85.9 cm³/mol. The lowest BCUT2D eigenvalue weighted by atomic mass is 9.98. The van der Waals surface area contributed by atoms with E-state index < -0.39 is 0 Å². The normalized spacial score (nSPS) is 18.0. The van der Waals surface area contributed by atoms with E-state index in [-0.39, 0.29) is 17.9 Å². The molecule has 0 radical (unpaired) electrons. The molecule has 1 unspecified atom stereocenters. The largest absolute Gasteiger partial charge is 0.466 e. The number of carbonyl (C=O) groups excluding carboxylic acids is 2. The minimum absolute atomic E-state index is 0.155. The zero-order valence-corrected chi connectivity index (χ0v) is 13.5. The first kappa shape index (κ1) is 16.3. The topological polar surface area (TPSA) is 58.6 Å². The second-order valence-electron chi connectivity index (χ2n) is 5.77. The predicted octanol–water partition coefficient (Wildman–Crippen LogP) is 3.11. The molecular formula is C17H24N2O3. The summed E-state index contributed by atoms with van der Waals surface area (Å²) in [5.41, 5.74) is 3.12. The van der Waals surface area contributed by atoms with Gasteiger partial charge in [-0.05, 0) is 56.9 Å². The molecule has 5 heteroatoms. The van der Waals surface area contributed by atoms with Gasteiger partial charge in [0.15, 0.2) is 0 Å². The van der Waals surface area contributed by atoms with Crippen molar-refractivity contribution in [3.63, 3.8) is 0 Å². The van der Waals surface area contributed by atoms with E-state index >= 15 is 0 Å². The van der Waals surface area contributed by atoms with E-state index in [0.717, 1.165) is 24.1 Å². The van der Waals surface area contributed by atoms with Gasteiger partial charge in [0.2, 0.25) is 0 Å². The van der Waals surface area contributed by atoms with Crippen molar-refractivity contribution in [2.75, 3.05) is 25.0 Å². The first-order valence-corrected chi connectivity index (χ1v) is 7.81. The summed E-state index contributed by atoms with van der Waals surface area (Å²) in [6.07, 6.45) is 1.61. The van der Waals surface area contributed by atoms with E-state index in [2.05, 4.69) is 5.32 Å². The first-order chi connectivity index (χ1) is 10.5. The molecule has 0 aliphatic carbocycles. The third kappa shape index (κ3) is 4.00. The molecule has 1 N–H and O–H groups in total. The number of piperidine rings is 1. The number of esters is 1. The minimum atomic E-state index is -0.209. The van der Waals surface area contributed by atoms with Crippen LogP contribution < -0.4 is 5.32 Å². The molecule has 2 rings (SSSR count). The van der Waals surface area contributed by atoms with Crippen molar-refractivity contribution in [2.45, 2.75) is 33.6 Å². The third-order valence-corrected chi connectivity index (χ3v) is 4.09. The van der Waals surface area contributed by atoms with Gasteiger partial charge in [-0.2, -0.15) is 0 Å². The number of ether oxygens (including phenoxy) is 1. The number of benzene rings is 1. The van der Waals surface area contributed by atoms with E-state index in [1.54, 1.807) is 11.8 Å². The first-order valence-electron chi connectivity index (χ1n) is 7.81. The lowest BCUT2D eigenvalue weighted by molar-refractivity contribution is -0.149. The zero-order valence-electron chi connectivity index (χ0n) is 13.5. The van der Waals surface area contributed by atoms with Gasteiger partial charge < -0.3 is 15.0 Å². The molecule has 22 heavy (non-hydrogen) atoms. The monoisotopic (exact) mass is 304 g/mol. The Morgan fingerprint density at radius 1 is 1.32 bits per heavy atom. The number of aryl methyl sites for hydroxylation is 2. The summed E-state index contributed by atoms with van der Waals surface area (Å²) in [6, 6.07) is 5.69. The molecule has 1 atom stereocenters. The summed E-state index contributed by atoms with van der Waals surface area (Å²) < 4.78 is 5.06. The fourth-order valence-corrected chi connectivity index (χ4v) is 2.64. The van der Waals surface area contributed by atoms with Crippen molar-refractivity contribution in [3.8, 4) is 0 Å². The Kier molecular flexibility index (Phi) is 5.41. The molecule has 0 saturated carbocycles. The summed E-state index contributed by atoms with van der Waals surface area (Å²) >= 11 is 0. The van der Waals surface area contributed by atoms with E-state index in [1.165, 1.54) is 5.56 Å². The van der Waals surface area contributed by atoms with Gasteiger partial charge in [-0.25, -0.2) is 4.79 Å². The molecule has 1 heterocycles. The van der Waals surface area contributed by atoms with Crippen molar-refractivity contribution in [3.05, 3.63) is 29.3 Å². The average molecular weight is 304 g/mol. The maximum atomic E-state index is 12.4. The van der Waals surface area contributed by atoms with Gasteiger partial charge in [-0.15, -0.1) is 0 Å². The van der Waals surface area contributed by atoms with Crippen LogP contribution in [0.1, 0.15) is 30.9 Å². The summed E-state index contributed by atoms with van der Waals surface area (Å²) in [5.74, 6) is -0.412. The fraction of sp³-hybridized carbons (Fsp3) is 0.529. The van der Waals surface area contributed by atoms with Gasteiger partial charge >= 0.3 is 12.0 Å². The van der Waals surface area contributed by atoms with E-state index in [4.69, 9.17) is 4.74 Å². The van der Waals surface area contributed by atoms with Crippen LogP contribution in [-0.4, -0.2) is 36.6 Å². The lowest BCUT2D eigenvalue weighted by Gasteiger charge is -2.31. The number of amides is 2. The summed E-state index contributed by atoms with van der Waals surface area (Å²) in [5, 5.41) is 2.91. The molecule has 1 aliphatic heterocycles. The number of hydrogen-bond acceptors (Lipinski definition) is 3. The Bertz CT molecular complexity index is 557. The van der Waals surface area contributed by atoms with Gasteiger partial charge in [-0.1, -0.05) is 6.07 Å². The van der Waals surface area contributed by atoms with Gasteiger partial charge in [-0.3, -0.25) is 4.79 Å². The van der Waals surface area contributed by atoms with Crippen LogP contribution in [0.4, 0.5) is 10.5 Å². The van der Waals surface area contributed by atoms with Crippen LogP contribution in [0.2, 0.25) is 0 Å². The second kappa shape index (κ2) is 7.29. The summed E-state index contributed by atoms with van der Waals surface area (Å²) in [6.45, 7) is 7.33. The van der Waals surface area contributed by atoms with E-state index in [1.807, 2.05) is 32.0 Å². The Balaban J connectivity index is 1.96. The molecule has 2 amide bonds. The molecule has 5 nitrogen and oxygen atoms in total. The summed E-state index contributed by atoms with van der Waals surface area (Å²) in [7, 11) is 0. The molecule has 1 saturated heterocycles. The number of anilines is 1. The zero-order chi connectivity index (χ0) is 16.1. The molecule has 1 aliphatic rings. The van der Waals surface area contributed by atoms with Crippen LogP contribution >= 0.6 is 0 Å². The lowest BCUT2D eigenvalue weighted by Crippen LogP contribution is -2.44. The van der Waals surface area contributed by atoms with Crippen molar-refractivity contribution in [1.82, 2.24) is 4.90 Å². The van der Waals surface area contributed by atoms with Crippen LogP contribution in [-0.2, 0) is 9.53 Å². The highest BCUT2D eigenvalue weighted by Crippen LogP contribution is 2.20. The summed E-state index contributed by atoms with van der Waals surface area (Å²) in [4.78, 5) is 25.9. The number of rotatable bonds is 3. The molecule has 120 valence electrons. The number of nitrogens with one attached hydrogen (secondary N) is 1. The van der Waals surface area contributed by atoms with Crippen molar-refractivity contribution < 1.29 is 14.3 Å². The smallest absolute Gasteiger partial charge is 0.321 e. The van der Waals surface area contributed by atoms with Crippen LogP contribution in [0.25, 0.3) is 0 Å². The van der Waals surface area contributed by atoms with Crippen molar-refractivity contribution in [1.29, 1.82) is 0 Å². The Labute approximate surface area is 131 Å². The van der Waals surface area contributed by atoms with Crippen molar-refractivity contribution >= 4 is 17.7 Å².